The van der Waals surface area contributed by atoms with E-state index < -0.39 is 11.2 Å². The van der Waals surface area contributed by atoms with E-state index in [1.807, 2.05) is 0 Å². The van der Waals surface area contributed by atoms with Gasteiger partial charge in [-0.2, -0.15) is 0 Å². The fourth-order valence-corrected chi connectivity index (χ4v) is 3.05. The van der Waals surface area contributed by atoms with Gasteiger partial charge in [-0.1, -0.05) is 13.8 Å². The highest BCUT2D eigenvalue weighted by molar-refractivity contribution is 5.60. The van der Waals surface area contributed by atoms with E-state index in [4.69, 9.17) is 5.73 Å². The van der Waals surface area contributed by atoms with Crippen LogP contribution in [0, 0.1) is 11.8 Å². The van der Waals surface area contributed by atoms with E-state index in [9.17, 15) is 9.59 Å². The Morgan fingerprint density at radius 2 is 1.79 bits per heavy atom. The van der Waals surface area contributed by atoms with Crippen molar-refractivity contribution in [2.75, 3.05) is 11.1 Å². The molecule has 2 unspecified atom stereocenters. The quantitative estimate of drug-likeness (QED) is 0.741. The van der Waals surface area contributed by atoms with Crippen LogP contribution in [0.15, 0.2) is 9.59 Å². The van der Waals surface area contributed by atoms with E-state index in [-0.39, 0.29) is 11.9 Å². The number of aromatic amines is 1. The van der Waals surface area contributed by atoms with Gasteiger partial charge in [-0.05, 0) is 31.1 Å². The maximum absolute atomic E-state index is 11.8. The average Bonchev–Trinajstić information content (AvgIpc) is 2.31. The van der Waals surface area contributed by atoms with Gasteiger partial charge in [0.1, 0.15) is 11.5 Å². The monoisotopic (exact) mass is 266 g/mol. The minimum absolute atomic E-state index is 0.194. The molecule has 1 aromatic rings. The van der Waals surface area contributed by atoms with Crippen molar-refractivity contribution < 1.29 is 0 Å². The number of nitrogens with one attached hydrogen (secondary N) is 2. The molecule has 0 amide bonds. The molecule has 1 aliphatic carbocycles. The van der Waals surface area contributed by atoms with Crippen molar-refractivity contribution in [3.05, 3.63) is 20.8 Å². The third-order valence-electron chi connectivity index (χ3n) is 3.90. The first kappa shape index (κ1) is 13.7. The van der Waals surface area contributed by atoms with E-state index in [1.165, 1.54) is 11.0 Å². The summed E-state index contributed by atoms with van der Waals surface area (Å²) in [7, 11) is 1.55. The van der Waals surface area contributed by atoms with E-state index >= 15 is 0 Å². The molecule has 0 bridgehead atoms. The van der Waals surface area contributed by atoms with Crippen LogP contribution in [0.4, 0.5) is 11.5 Å². The number of rotatable bonds is 2. The van der Waals surface area contributed by atoms with Crippen LogP contribution < -0.4 is 22.3 Å². The molecule has 2 rings (SSSR count). The van der Waals surface area contributed by atoms with E-state index in [1.54, 1.807) is 7.05 Å². The Morgan fingerprint density at radius 3 is 2.37 bits per heavy atom. The van der Waals surface area contributed by atoms with Gasteiger partial charge in [0.2, 0.25) is 0 Å². The van der Waals surface area contributed by atoms with Crippen LogP contribution in [0.3, 0.4) is 0 Å². The molecular formula is C13H22N4O2. The van der Waals surface area contributed by atoms with Crippen LogP contribution in [0.1, 0.15) is 33.1 Å². The van der Waals surface area contributed by atoms with Gasteiger partial charge in [0.05, 0.1) is 0 Å². The summed E-state index contributed by atoms with van der Waals surface area (Å²) in [6, 6.07) is 0.236. The van der Waals surface area contributed by atoms with Crippen molar-refractivity contribution in [3.63, 3.8) is 0 Å². The normalized spacial score (nSPS) is 27.2. The van der Waals surface area contributed by atoms with Crippen molar-refractivity contribution in [3.8, 4) is 0 Å². The van der Waals surface area contributed by atoms with Crippen LogP contribution in [-0.2, 0) is 7.05 Å². The van der Waals surface area contributed by atoms with Gasteiger partial charge in [-0.15, -0.1) is 0 Å². The number of nitrogens with two attached hydrogens (primary N) is 1. The number of hydrogen-bond donors (Lipinski definition) is 3. The third-order valence-corrected chi connectivity index (χ3v) is 3.90. The zero-order valence-corrected chi connectivity index (χ0v) is 11.7. The lowest BCUT2D eigenvalue weighted by molar-refractivity contribution is 0.280. The molecule has 1 aromatic heterocycles. The van der Waals surface area contributed by atoms with Gasteiger partial charge in [0, 0.05) is 13.1 Å². The number of nitrogen functional groups attached to an aromatic ring is 1. The average molecular weight is 266 g/mol. The van der Waals surface area contributed by atoms with Crippen LogP contribution >= 0.6 is 0 Å². The van der Waals surface area contributed by atoms with Gasteiger partial charge in [-0.3, -0.25) is 14.3 Å². The Kier molecular flexibility index (Phi) is 3.68. The Morgan fingerprint density at radius 1 is 1.21 bits per heavy atom. The molecular weight excluding hydrogens is 244 g/mol. The first-order valence-corrected chi connectivity index (χ1v) is 6.73. The second kappa shape index (κ2) is 5.11. The first-order valence-electron chi connectivity index (χ1n) is 6.73. The van der Waals surface area contributed by atoms with Gasteiger partial charge >= 0.3 is 5.69 Å². The van der Waals surface area contributed by atoms with Crippen molar-refractivity contribution >= 4 is 11.5 Å². The van der Waals surface area contributed by atoms with Crippen LogP contribution in [0.25, 0.3) is 0 Å². The van der Waals surface area contributed by atoms with Crippen molar-refractivity contribution in [1.82, 2.24) is 9.55 Å². The summed E-state index contributed by atoms with van der Waals surface area (Å²) in [5, 5.41) is 3.22. The Labute approximate surface area is 112 Å². The van der Waals surface area contributed by atoms with Crippen molar-refractivity contribution in [1.29, 1.82) is 0 Å². The zero-order valence-electron chi connectivity index (χ0n) is 11.7. The number of anilines is 2. The second-order valence-corrected chi connectivity index (χ2v) is 5.84. The minimum Gasteiger partial charge on any atom is -0.383 e. The number of nitrogens with zero attached hydrogens (tertiary/aromatic N) is 1. The molecule has 106 valence electrons. The molecule has 6 nitrogen and oxygen atoms in total. The lowest BCUT2D eigenvalue weighted by Crippen LogP contribution is -2.37. The van der Waals surface area contributed by atoms with E-state index in [0.717, 1.165) is 12.8 Å². The molecule has 0 radical (unpaired) electrons. The molecule has 1 aliphatic rings. The van der Waals surface area contributed by atoms with Gasteiger partial charge < -0.3 is 11.1 Å². The maximum atomic E-state index is 11.8. The van der Waals surface area contributed by atoms with Crippen LogP contribution in [0.2, 0.25) is 0 Å². The van der Waals surface area contributed by atoms with Gasteiger partial charge in [0.15, 0.2) is 0 Å². The molecule has 0 spiro atoms. The highest BCUT2D eigenvalue weighted by atomic mass is 16.2. The fraction of sp³-hybridized carbons (Fsp3) is 0.692. The lowest BCUT2D eigenvalue weighted by Gasteiger charge is -2.32. The summed E-state index contributed by atoms with van der Waals surface area (Å²) in [5.41, 5.74) is 5.24. The Bertz CT molecular complexity index is 565. The van der Waals surface area contributed by atoms with Crippen LogP contribution in [0.5, 0.6) is 0 Å². The summed E-state index contributed by atoms with van der Waals surface area (Å²) >= 11 is 0. The van der Waals surface area contributed by atoms with Crippen LogP contribution in [-0.4, -0.2) is 15.6 Å². The fourth-order valence-electron chi connectivity index (χ4n) is 3.05. The highest BCUT2D eigenvalue weighted by Gasteiger charge is 2.25. The van der Waals surface area contributed by atoms with E-state index in [2.05, 4.69) is 24.1 Å². The molecule has 1 saturated carbocycles. The highest BCUT2D eigenvalue weighted by Crippen LogP contribution is 2.30. The first-order chi connectivity index (χ1) is 8.88. The Balaban J connectivity index is 2.27. The molecule has 0 aromatic carbocycles. The molecule has 6 heteroatoms. The lowest BCUT2D eigenvalue weighted by atomic mass is 9.80. The molecule has 0 saturated heterocycles. The minimum atomic E-state index is -0.488. The summed E-state index contributed by atoms with van der Waals surface area (Å²) in [6.07, 6.45) is 3.26. The predicted molar refractivity (Wildman–Crippen MR) is 76.3 cm³/mol. The number of H-pyrrole nitrogens is 1. The van der Waals surface area contributed by atoms with E-state index in [0.29, 0.717) is 17.5 Å². The molecule has 1 fully saturated rings. The summed E-state index contributed by atoms with van der Waals surface area (Å²) in [6.45, 7) is 4.44. The number of aromatic nitrogens is 2. The van der Waals surface area contributed by atoms with Gasteiger partial charge in [0.25, 0.3) is 5.56 Å². The second-order valence-electron chi connectivity index (χ2n) is 5.84. The van der Waals surface area contributed by atoms with Crippen molar-refractivity contribution in [2.45, 2.75) is 39.2 Å². The molecule has 2 atom stereocenters. The smallest absolute Gasteiger partial charge is 0.329 e. The predicted octanol–water partition coefficient (Wildman–Crippen LogP) is 0.892. The van der Waals surface area contributed by atoms with Crippen molar-refractivity contribution in [2.24, 2.45) is 18.9 Å². The zero-order chi connectivity index (χ0) is 14.2. The molecule has 19 heavy (non-hydrogen) atoms. The number of hydrogen-bond acceptors (Lipinski definition) is 4. The SMILES string of the molecule is CC1CC(C)CC(Nc2c(N)n(C)c(=O)[nH]c2=O)C1. The molecule has 0 aliphatic heterocycles. The standard InChI is InChI=1S/C13H22N4O2/c1-7-4-8(2)6-9(5-7)15-10-11(14)17(3)13(19)16-12(10)18/h7-9,15H,4-6,14H2,1-3H3,(H,16,18,19). The molecule has 4 N–H and O–H groups in total. The third kappa shape index (κ3) is 2.83. The largest absolute Gasteiger partial charge is 0.383 e. The summed E-state index contributed by atoms with van der Waals surface area (Å²) < 4.78 is 1.25. The topological polar surface area (TPSA) is 92.9 Å². The summed E-state index contributed by atoms with van der Waals surface area (Å²) in [4.78, 5) is 25.5. The maximum Gasteiger partial charge on any atom is 0.329 e. The Hall–Kier alpha value is -1.72. The summed E-state index contributed by atoms with van der Waals surface area (Å²) in [5.74, 6) is 1.46. The molecule has 1 heterocycles. The van der Waals surface area contributed by atoms with Gasteiger partial charge in [-0.25, -0.2) is 4.79 Å².